The number of hydrogen-bond acceptors (Lipinski definition) is 1. The molecular formula is C17H21ClO. The highest BCUT2D eigenvalue weighted by molar-refractivity contribution is 6.31. The molecule has 2 heteroatoms. The molecule has 0 aromatic heterocycles. The van der Waals surface area contributed by atoms with Gasteiger partial charge in [-0.1, -0.05) is 49.6 Å². The Hall–Kier alpha value is -1.01. The number of benzene rings is 1. The van der Waals surface area contributed by atoms with Crippen molar-refractivity contribution < 1.29 is 5.11 Å². The molecule has 102 valence electrons. The number of halogens is 1. The zero-order chi connectivity index (χ0) is 13.9. The molecule has 1 N–H and O–H groups in total. The predicted molar refractivity (Wildman–Crippen MR) is 80.6 cm³/mol. The van der Waals surface area contributed by atoms with Gasteiger partial charge in [0.05, 0.1) is 0 Å². The lowest BCUT2D eigenvalue weighted by atomic mass is 9.83. The molecule has 0 radical (unpaired) electrons. The molecule has 1 aliphatic rings. The quantitative estimate of drug-likeness (QED) is 0.776. The van der Waals surface area contributed by atoms with E-state index in [4.69, 9.17) is 11.6 Å². The van der Waals surface area contributed by atoms with E-state index < -0.39 is 5.60 Å². The fourth-order valence-electron chi connectivity index (χ4n) is 2.87. The lowest BCUT2D eigenvalue weighted by Crippen LogP contribution is -2.17. The highest BCUT2D eigenvalue weighted by Crippen LogP contribution is 2.37. The Kier molecular flexibility index (Phi) is 4.52. The van der Waals surface area contributed by atoms with E-state index in [9.17, 15) is 5.11 Å². The SMILES string of the molecule is C=C=CC(C)(O)c1ccc(C2CCCCC2)c(Cl)c1. The Morgan fingerprint density at radius 1 is 1.37 bits per heavy atom. The van der Waals surface area contributed by atoms with Gasteiger partial charge >= 0.3 is 0 Å². The van der Waals surface area contributed by atoms with Gasteiger partial charge in [-0.05, 0) is 49.0 Å². The van der Waals surface area contributed by atoms with Gasteiger partial charge in [0.1, 0.15) is 5.60 Å². The van der Waals surface area contributed by atoms with Crippen molar-refractivity contribution in [2.75, 3.05) is 0 Å². The van der Waals surface area contributed by atoms with Crippen LogP contribution in [0, 0.1) is 0 Å². The van der Waals surface area contributed by atoms with Crippen molar-refractivity contribution in [3.05, 3.63) is 52.7 Å². The number of aliphatic hydroxyl groups is 1. The normalized spacial score (nSPS) is 19.5. The van der Waals surface area contributed by atoms with E-state index in [0.717, 1.165) is 10.6 Å². The van der Waals surface area contributed by atoms with Crippen LogP contribution in [0.5, 0.6) is 0 Å². The highest BCUT2D eigenvalue weighted by atomic mass is 35.5. The molecule has 0 amide bonds. The first kappa shape index (κ1) is 14.4. The summed E-state index contributed by atoms with van der Waals surface area (Å²) in [7, 11) is 0. The summed E-state index contributed by atoms with van der Waals surface area (Å²) in [4.78, 5) is 0. The molecule has 0 spiro atoms. The van der Waals surface area contributed by atoms with E-state index >= 15 is 0 Å². The van der Waals surface area contributed by atoms with Gasteiger partial charge in [0.2, 0.25) is 0 Å². The third-order valence-electron chi connectivity index (χ3n) is 4.01. The molecular weight excluding hydrogens is 256 g/mol. The van der Waals surface area contributed by atoms with Gasteiger partial charge in [-0.3, -0.25) is 0 Å². The summed E-state index contributed by atoms with van der Waals surface area (Å²) < 4.78 is 0. The lowest BCUT2D eigenvalue weighted by Gasteiger charge is -2.25. The van der Waals surface area contributed by atoms with E-state index in [1.165, 1.54) is 37.7 Å². The molecule has 19 heavy (non-hydrogen) atoms. The summed E-state index contributed by atoms with van der Waals surface area (Å²) in [6.07, 6.45) is 7.92. The van der Waals surface area contributed by atoms with E-state index in [2.05, 4.69) is 18.4 Å². The second-order valence-corrected chi connectivity index (χ2v) is 5.97. The summed E-state index contributed by atoms with van der Waals surface area (Å²) in [5, 5.41) is 11.1. The predicted octanol–water partition coefficient (Wildman–Crippen LogP) is 4.94. The van der Waals surface area contributed by atoms with Crippen LogP contribution in [0.1, 0.15) is 56.1 Å². The van der Waals surface area contributed by atoms with Gasteiger partial charge in [-0.25, -0.2) is 0 Å². The largest absolute Gasteiger partial charge is 0.381 e. The first-order valence-corrected chi connectivity index (χ1v) is 7.31. The fraction of sp³-hybridized carbons (Fsp3) is 0.471. The van der Waals surface area contributed by atoms with Crippen LogP contribution in [0.15, 0.2) is 36.6 Å². The summed E-state index contributed by atoms with van der Waals surface area (Å²) >= 11 is 6.41. The molecule has 1 aromatic carbocycles. The molecule has 1 aliphatic carbocycles. The Balaban J connectivity index is 2.28. The van der Waals surface area contributed by atoms with Crippen molar-refractivity contribution in [2.24, 2.45) is 0 Å². The maximum absolute atomic E-state index is 10.3. The summed E-state index contributed by atoms with van der Waals surface area (Å²) in [5.41, 5.74) is 3.59. The third kappa shape index (κ3) is 3.30. The standard InChI is InChI=1S/C17H21ClO/c1-3-11-17(2,19)14-9-10-15(16(18)12-14)13-7-5-4-6-8-13/h9-13,19H,1,4-8H2,2H3. The Morgan fingerprint density at radius 2 is 2.05 bits per heavy atom. The number of rotatable bonds is 3. The average molecular weight is 277 g/mol. The fourth-order valence-corrected chi connectivity index (χ4v) is 3.20. The van der Waals surface area contributed by atoms with Crippen molar-refractivity contribution in [1.29, 1.82) is 0 Å². The molecule has 1 aromatic rings. The van der Waals surface area contributed by atoms with Crippen LogP contribution in [0.2, 0.25) is 5.02 Å². The first-order valence-electron chi connectivity index (χ1n) is 6.94. The minimum absolute atomic E-state index is 0.579. The lowest BCUT2D eigenvalue weighted by molar-refractivity contribution is 0.111. The Morgan fingerprint density at radius 3 is 2.63 bits per heavy atom. The molecule has 1 fully saturated rings. The van der Waals surface area contributed by atoms with Gasteiger partial charge in [-0.2, -0.15) is 0 Å². The summed E-state index contributed by atoms with van der Waals surface area (Å²) in [6.45, 7) is 5.23. The van der Waals surface area contributed by atoms with Crippen LogP contribution in [0.3, 0.4) is 0 Å². The van der Waals surface area contributed by atoms with Crippen molar-refractivity contribution in [2.45, 2.75) is 50.5 Å². The second-order valence-electron chi connectivity index (χ2n) is 5.57. The molecule has 1 unspecified atom stereocenters. The van der Waals surface area contributed by atoms with Gasteiger partial charge < -0.3 is 5.11 Å². The van der Waals surface area contributed by atoms with Crippen molar-refractivity contribution in [3.63, 3.8) is 0 Å². The molecule has 2 rings (SSSR count). The van der Waals surface area contributed by atoms with Gasteiger partial charge in [-0.15, -0.1) is 5.73 Å². The minimum atomic E-state index is -1.06. The molecule has 0 aliphatic heterocycles. The summed E-state index contributed by atoms with van der Waals surface area (Å²) in [6, 6.07) is 5.90. The Labute approximate surface area is 120 Å². The topological polar surface area (TPSA) is 20.2 Å². The minimum Gasteiger partial charge on any atom is -0.381 e. The molecule has 0 saturated heterocycles. The molecule has 0 heterocycles. The van der Waals surface area contributed by atoms with E-state index in [-0.39, 0.29) is 0 Å². The maximum Gasteiger partial charge on any atom is 0.112 e. The van der Waals surface area contributed by atoms with Crippen molar-refractivity contribution >= 4 is 11.6 Å². The Bertz CT molecular complexity index is 492. The monoisotopic (exact) mass is 276 g/mol. The van der Waals surface area contributed by atoms with Crippen molar-refractivity contribution in [1.82, 2.24) is 0 Å². The maximum atomic E-state index is 10.3. The zero-order valence-electron chi connectivity index (χ0n) is 11.5. The van der Waals surface area contributed by atoms with Gasteiger partial charge in [0.25, 0.3) is 0 Å². The van der Waals surface area contributed by atoms with Crippen LogP contribution in [-0.2, 0) is 5.60 Å². The van der Waals surface area contributed by atoms with Crippen LogP contribution in [0.4, 0.5) is 0 Å². The average Bonchev–Trinajstić information content (AvgIpc) is 2.39. The first-order chi connectivity index (χ1) is 9.04. The summed E-state index contributed by atoms with van der Waals surface area (Å²) in [5.74, 6) is 0.579. The zero-order valence-corrected chi connectivity index (χ0v) is 12.2. The highest BCUT2D eigenvalue weighted by Gasteiger charge is 2.23. The van der Waals surface area contributed by atoms with E-state index in [0.29, 0.717) is 5.92 Å². The molecule has 0 bridgehead atoms. The molecule has 1 nitrogen and oxygen atoms in total. The molecule has 1 saturated carbocycles. The number of hydrogen-bond donors (Lipinski definition) is 1. The van der Waals surface area contributed by atoms with E-state index in [1.54, 1.807) is 13.0 Å². The van der Waals surface area contributed by atoms with Crippen LogP contribution in [-0.4, -0.2) is 5.11 Å². The van der Waals surface area contributed by atoms with Crippen LogP contribution < -0.4 is 0 Å². The van der Waals surface area contributed by atoms with Crippen LogP contribution >= 0.6 is 11.6 Å². The second kappa shape index (κ2) is 5.96. The van der Waals surface area contributed by atoms with E-state index in [1.807, 2.05) is 12.1 Å². The van der Waals surface area contributed by atoms with Crippen LogP contribution in [0.25, 0.3) is 0 Å². The molecule has 1 atom stereocenters. The smallest absolute Gasteiger partial charge is 0.112 e. The van der Waals surface area contributed by atoms with Crippen molar-refractivity contribution in [3.8, 4) is 0 Å². The van der Waals surface area contributed by atoms with Gasteiger partial charge in [0, 0.05) is 5.02 Å². The third-order valence-corrected chi connectivity index (χ3v) is 4.34. The van der Waals surface area contributed by atoms with Gasteiger partial charge in [0.15, 0.2) is 0 Å².